The number of aromatic nitrogens is 1. The van der Waals surface area contributed by atoms with E-state index in [2.05, 4.69) is 34.7 Å². The molecule has 2 aromatic carbocycles. The van der Waals surface area contributed by atoms with Gasteiger partial charge in [-0.25, -0.2) is 4.98 Å². The molecule has 0 radical (unpaired) electrons. The van der Waals surface area contributed by atoms with E-state index in [1.807, 2.05) is 50.2 Å². The maximum absolute atomic E-state index is 12.4. The molecule has 0 aliphatic heterocycles. The van der Waals surface area contributed by atoms with E-state index in [0.29, 0.717) is 5.69 Å². The van der Waals surface area contributed by atoms with E-state index in [9.17, 15) is 4.79 Å². The summed E-state index contributed by atoms with van der Waals surface area (Å²) in [6, 6.07) is 17.9. The minimum absolute atomic E-state index is 0.204. The Morgan fingerprint density at radius 1 is 0.962 bits per heavy atom. The van der Waals surface area contributed by atoms with Crippen molar-refractivity contribution in [3.63, 3.8) is 0 Å². The van der Waals surface area contributed by atoms with E-state index >= 15 is 0 Å². The van der Waals surface area contributed by atoms with Crippen LogP contribution in [0.4, 0.5) is 11.4 Å². The number of rotatable bonds is 5. The minimum atomic E-state index is -0.204. The van der Waals surface area contributed by atoms with Crippen LogP contribution in [-0.4, -0.2) is 10.9 Å². The highest BCUT2D eigenvalue weighted by molar-refractivity contribution is 6.03. The van der Waals surface area contributed by atoms with Crippen LogP contribution in [0, 0.1) is 20.8 Å². The number of pyridine rings is 1. The summed E-state index contributed by atoms with van der Waals surface area (Å²) >= 11 is 0. The predicted octanol–water partition coefficient (Wildman–Crippen LogP) is 4.87. The Balaban J connectivity index is 1.64. The third-order valence-corrected chi connectivity index (χ3v) is 4.38. The fourth-order valence-corrected chi connectivity index (χ4v) is 2.70. The summed E-state index contributed by atoms with van der Waals surface area (Å²) in [5, 5.41) is 6.27. The van der Waals surface area contributed by atoms with Gasteiger partial charge in [-0.2, -0.15) is 0 Å². The van der Waals surface area contributed by atoms with E-state index in [0.717, 1.165) is 29.0 Å². The zero-order chi connectivity index (χ0) is 18.5. The lowest BCUT2D eigenvalue weighted by atomic mass is 10.1. The minimum Gasteiger partial charge on any atom is -0.380 e. The molecule has 0 unspecified atom stereocenters. The van der Waals surface area contributed by atoms with Gasteiger partial charge in [0.2, 0.25) is 0 Å². The number of carbonyl (C=O) groups excluding carboxylic acids is 1. The first-order valence-corrected chi connectivity index (χ1v) is 8.66. The number of carbonyl (C=O) groups is 1. The molecular formula is C22H23N3O. The van der Waals surface area contributed by atoms with Gasteiger partial charge in [0.15, 0.2) is 0 Å². The molecule has 3 rings (SSSR count). The van der Waals surface area contributed by atoms with Crippen molar-refractivity contribution < 1.29 is 4.79 Å². The van der Waals surface area contributed by atoms with E-state index in [1.54, 1.807) is 12.3 Å². The molecule has 0 atom stereocenters. The summed E-state index contributed by atoms with van der Waals surface area (Å²) in [4.78, 5) is 16.7. The van der Waals surface area contributed by atoms with Gasteiger partial charge in [-0.3, -0.25) is 4.79 Å². The van der Waals surface area contributed by atoms with E-state index in [1.165, 1.54) is 11.1 Å². The maximum Gasteiger partial charge on any atom is 0.274 e. The molecule has 4 nitrogen and oxygen atoms in total. The summed E-state index contributed by atoms with van der Waals surface area (Å²) in [6.45, 7) is 6.79. The molecule has 1 amide bonds. The lowest BCUT2D eigenvalue weighted by Gasteiger charge is -2.11. The summed E-state index contributed by atoms with van der Waals surface area (Å²) in [5.41, 5.74) is 6.72. The summed E-state index contributed by atoms with van der Waals surface area (Å²) in [5.74, 6) is -0.204. The maximum atomic E-state index is 12.4. The normalized spacial score (nSPS) is 10.4. The van der Waals surface area contributed by atoms with E-state index in [4.69, 9.17) is 0 Å². The van der Waals surface area contributed by atoms with Crippen LogP contribution >= 0.6 is 0 Å². The highest BCUT2D eigenvalue weighted by Crippen LogP contribution is 2.18. The fraction of sp³-hybridized carbons (Fsp3) is 0.182. The zero-order valence-electron chi connectivity index (χ0n) is 15.3. The molecule has 0 aliphatic rings. The first-order valence-electron chi connectivity index (χ1n) is 8.66. The van der Waals surface area contributed by atoms with Crippen molar-refractivity contribution in [2.45, 2.75) is 27.3 Å². The topological polar surface area (TPSA) is 54.0 Å². The largest absolute Gasteiger partial charge is 0.380 e. The first-order chi connectivity index (χ1) is 12.5. The molecule has 132 valence electrons. The smallest absolute Gasteiger partial charge is 0.274 e. The van der Waals surface area contributed by atoms with Crippen LogP contribution in [0.25, 0.3) is 0 Å². The number of anilines is 2. The van der Waals surface area contributed by atoms with Crippen molar-refractivity contribution in [2.75, 3.05) is 10.6 Å². The number of hydrogen-bond donors (Lipinski definition) is 2. The van der Waals surface area contributed by atoms with E-state index < -0.39 is 0 Å². The molecule has 26 heavy (non-hydrogen) atoms. The van der Waals surface area contributed by atoms with E-state index in [-0.39, 0.29) is 5.91 Å². The highest BCUT2D eigenvalue weighted by Gasteiger charge is 2.09. The second-order valence-electron chi connectivity index (χ2n) is 6.48. The van der Waals surface area contributed by atoms with Crippen molar-refractivity contribution in [3.05, 3.63) is 88.7 Å². The van der Waals surface area contributed by atoms with Gasteiger partial charge in [0.25, 0.3) is 5.91 Å². The predicted molar refractivity (Wildman–Crippen MR) is 107 cm³/mol. The van der Waals surface area contributed by atoms with Gasteiger partial charge in [0, 0.05) is 12.2 Å². The van der Waals surface area contributed by atoms with Gasteiger partial charge in [-0.1, -0.05) is 36.4 Å². The third-order valence-electron chi connectivity index (χ3n) is 4.38. The van der Waals surface area contributed by atoms with Gasteiger partial charge < -0.3 is 10.6 Å². The Bertz CT molecular complexity index is 917. The monoisotopic (exact) mass is 345 g/mol. The highest BCUT2D eigenvalue weighted by atomic mass is 16.1. The Morgan fingerprint density at radius 3 is 2.50 bits per heavy atom. The average Bonchev–Trinajstić information content (AvgIpc) is 2.64. The SMILES string of the molecule is Cc1ccc(C)c(NC(=O)c2ccc(NCc3ccccc3C)cn2)c1. The van der Waals surface area contributed by atoms with Gasteiger partial charge >= 0.3 is 0 Å². The summed E-state index contributed by atoms with van der Waals surface area (Å²) in [6.07, 6.45) is 1.69. The van der Waals surface area contributed by atoms with Crippen LogP contribution in [0.15, 0.2) is 60.8 Å². The van der Waals surface area contributed by atoms with Crippen molar-refractivity contribution in [2.24, 2.45) is 0 Å². The molecule has 0 aliphatic carbocycles. The lowest BCUT2D eigenvalue weighted by molar-refractivity contribution is 0.102. The number of aryl methyl sites for hydroxylation is 3. The number of nitrogens with one attached hydrogen (secondary N) is 2. The molecular weight excluding hydrogens is 322 g/mol. The van der Waals surface area contributed by atoms with Crippen molar-refractivity contribution in [1.29, 1.82) is 0 Å². The molecule has 0 saturated carbocycles. The molecule has 0 spiro atoms. The Hall–Kier alpha value is -3.14. The molecule has 3 aromatic rings. The molecule has 0 fully saturated rings. The van der Waals surface area contributed by atoms with Crippen molar-refractivity contribution in [3.8, 4) is 0 Å². The molecule has 0 bridgehead atoms. The van der Waals surface area contributed by atoms with Crippen molar-refractivity contribution in [1.82, 2.24) is 4.98 Å². The Morgan fingerprint density at radius 2 is 1.77 bits per heavy atom. The molecule has 1 aromatic heterocycles. The Kier molecular flexibility index (Phi) is 5.32. The summed E-state index contributed by atoms with van der Waals surface area (Å²) < 4.78 is 0. The van der Waals surface area contributed by atoms with Crippen LogP contribution in [-0.2, 0) is 6.54 Å². The van der Waals surface area contributed by atoms with Gasteiger partial charge in [0.05, 0.1) is 11.9 Å². The first kappa shape index (κ1) is 17.7. The van der Waals surface area contributed by atoms with Crippen LogP contribution in [0.2, 0.25) is 0 Å². The van der Waals surface area contributed by atoms with Crippen LogP contribution in [0.3, 0.4) is 0 Å². The fourth-order valence-electron chi connectivity index (χ4n) is 2.70. The Labute approximate surface area is 154 Å². The zero-order valence-corrected chi connectivity index (χ0v) is 15.3. The van der Waals surface area contributed by atoms with Gasteiger partial charge in [-0.05, 0) is 61.2 Å². The number of nitrogens with zero attached hydrogens (tertiary/aromatic N) is 1. The third kappa shape index (κ3) is 4.28. The molecule has 0 saturated heterocycles. The number of amides is 1. The second kappa shape index (κ2) is 7.83. The molecule has 4 heteroatoms. The molecule has 2 N–H and O–H groups in total. The van der Waals surface area contributed by atoms with Gasteiger partial charge in [0.1, 0.15) is 5.69 Å². The van der Waals surface area contributed by atoms with Crippen LogP contribution in [0.1, 0.15) is 32.7 Å². The standard InChI is InChI=1S/C22H23N3O/c1-15-8-9-17(3)21(12-15)25-22(26)20-11-10-19(14-24-20)23-13-18-7-5-4-6-16(18)2/h4-12,14,23H,13H2,1-3H3,(H,25,26). The molecule has 1 heterocycles. The quantitative estimate of drug-likeness (QED) is 0.693. The second-order valence-corrected chi connectivity index (χ2v) is 6.48. The van der Waals surface area contributed by atoms with Crippen LogP contribution in [0.5, 0.6) is 0 Å². The number of benzene rings is 2. The lowest BCUT2D eigenvalue weighted by Crippen LogP contribution is -2.14. The summed E-state index contributed by atoms with van der Waals surface area (Å²) in [7, 11) is 0. The van der Waals surface area contributed by atoms with Crippen molar-refractivity contribution >= 4 is 17.3 Å². The average molecular weight is 345 g/mol. The van der Waals surface area contributed by atoms with Crippen LogP contribution < -0.4 is 10.6 Å². The van der Waals surface area contributed by atoms with Gasteiger partial charge in [-0.15, -0.1) is 0 Å². The number of hydrogen-bond acceptors (Lipinski definition) is 3.